The molecule has 1 atom stereocenters. The molecule has 0 amide bonds. The fraction of sp³-hybridized carbons (Fsp3) is 0.455. The van der Waals surface area contributed by atoms with Crippen molar-refractivity contribution in [1.29, 1.82) is 0 Å². The first-order valence-electron chi connectivity index (χ1n) is 9.82. The molecule has 0 spiro atoms. The van der Waals surface area contributed by atoms with Crippen LogP contribution in [0.25, 0.3) is 0 Å². The summed E-state index contributed by atoms with van der Waals surface area (Å²) in [5, 5.41) is 3.42. The molecule has 1 aliphatic heterocycles. The molecule has 6 heteroatoms. The van der Waals surface area contributed by atoms with Crippen LogP contribution in [0, 0.1) is 12.8 Å². The highest BCUT2D eigenvalue weighted by Gasteiger charge is 2.25. The third-order valence-electron chi connectivity index (χ3n) is 4.72. The fourth-order valence-corrected chi connectivity index (χ4v) is 3.35. The van der Waals surface area contributed by atoms with E-state index in [-0.39, 0.29) is 24.0 Å². The normalized spacial score (nSPS) is 16.7. The summed E-state index contributed by atoms with van der Waals surface area (Å²) in [6, 6.07) is 16.4. The average Bonchev–Trinajstić information content (AvgIpc) is 3.15. The van der Waals surface area contributed by atoms with Crippen LogP contribution in [0.3, 0.4) is 0 Å². The molecule has 1 aliphatic rings. The zero-order chi connectivity index (χ0) is 18.9. The van der Waals surface area contributed by atoms with E-state index in [0.29, 0.717) is 19.1 Å². The van der Waals surface area contributed by atoms with E-state index in [1.807, 2.05) is 31.2 Å². The monoisotopic (exact) mass is 494 g/mol. The number of nitrogens with zero attached hydrogens (tertiary/aromatic N) is 3. The minimum Gasteiger partial charge on any atom is -0.376 e. The van der Waals surface area contributed by atoms with Gasteiger partial charge in [0, 0.05) is 31.2 Å². The fourth-order valence-electron chi connectivity index (χ4n) is 3.35. The molecule has 5 nitrogen and oxygen atoms in total. The van der Waals surface area contributed by atoms with E-state index in [0.717, 1.165) is 50.0 Å². The second-order valence-electron chi connectivity index (χ2n) is 7.04. The summed E-state index contributed by atoms with van der Waals surface area (Å²) in [6.45, 7) is 9.08. The molecule has 1 aromatic carbocycles. The molecule has 0 bridgehead atoms. The van der Waals surface area contributed by atoms with Crippen molar-refractivity contribution in [3.8, 4) is 0 Å². The van der Waals surface area contributed by atoms with E-state index in [9.17, 15) is 0 Å². The molecular formula is C22H31IN4O. The number of aliphatic imine (C=N–C) groups is 1. The summed E-state index contributed by atoms with van der Waals surface area (Å²) in [4.78, 5) is 11.7. The number of rotatable bonds is 7. The van der Waals surface area contributed by atoms with Crippen molar-refractivity contribution in [3.05, 3.63) is 65.5 Å². The standard InChI is InChI=1S/C22H30N4O.HI/c1-3-23-22(24-14-21-11-7-8-18(2)25-21)26-13-12-20(15-26)17-27-16-19-9-5-4-6-10-19;/h4-11,20H,3,12-17H2,1-2H3,(H,23,24);1H. The number of guanidine groups is 1. The van der Waals surface area contributed by atoms with Gasteiger partial charge in [-0.15, -0.1) is 24.0 Å². The number of likely N-dealkylation sites (tertiary alicyclic amines) is 1. The third kappa shape index (κ3) is 7.05. The zero-order valence-electron chi connectivity index (χ0n) is 16.8. The van der Waals surface area contributed by atoms with E-state index >= 15 is 0 Å². The molecule has 2 aromatic rings. The Morgan fingerprint density at radius 3 is 2.79 bits per heavy atom. The summed E-state index contributed by atoms with van der Waals surface area (Å²) in [6.07, 6.45) is 1.14. The number of nitrogens with one attached hydrogen (secondary N) is 1. The molecule has 2 heterocycles. The smallest absolute Gasteiger partial charge is 0.194 e. The molecule has 3 rings (SSSR count). The molecule has 28 heavy (non-hydrogen) atoms. The number of hydrogen-bond acceptors (Lipinski definition) is 3. The third-order valence-corrected chi connectivity index (χ3v) is 4.72. The minimum atomic E-state index is 0. The van der Waals surface area contributed by atoms with Crippen LogP contribution in [0.15, 0.2) is 53.5 Å². The molecule has 1 N–H and O–H groups in total. The van der Waals surface area contributed by atoms with Gasteiger partial charge in [-0.3, -0.25) is 4.98 Å². The van der Waals surface area contributed by atoms with E-state index in [4.69, 9.17) is 9.73 Å². The predicted octanol–water partition coefficient (Wildman–Crippen LogP) is 4.01. The van der Waals surface area contributed by atoms with Gasteiger partial charge in [-0.1, -0.05) is 36.4 Å². The Bertz CT molecular complexity index is 738. The van der Waals surface area contributed by atoms with E-state index in [2.05, 4.69) is 46.4 Å². The van der Waals surface area contributed by atoms with Gasteiger partial charge in [-0.05, 0) is 38.0 Å². The molecule has 1 saturated heterocycles. The van der Waals surface area contributed by atoms with Crippen molar-refractivity contribution in [2.45, 2.75) is 33.4 Å². The maximum absolute atomic E-state index is 5.94. The van der Waals surface area contributed by atoms with E-state index in [1.54, 1.807) is 0 Å². The summed E-state index contributed by atoms with van der Waals surface area (Å²) in [5.41, 5.74) is 3.27. The molecule has 1 unspecified atom stereocenters. The number of aryl methyl sites for hydroxylation is 1. The molecule has 0 saturated carbocycles. The lowest BCUT2D eigenvalue weighted by Crippen LogP contribution is -2.40. The molecule has 152 valence electrons. The Labute approximate surface area is 185 Å². The van der Waals surface area contributed by atoms with Crippen molar-refractivity contribution >= 4 is 29.9 Å². The second kappa shape index (κ2) is 12.0. The first-order chi connectivity index (χ1) is 13.2. The Morgan fingerprint density at radius 2 is 2.04 bits per heavy atom. The van der Waals surface area contributed by atoms with Crippen molar-refractivity contribution in [1.82, 2.24) is 15.2 Å². The highest BCUT2D eigenvalue weighted by Crippen LogP contribution is 2.17. The molecule has 0 radical (unpaired) electrons. The van der Waals surface area contributed by atoms with E-state index in [1.165, 1.54) is 5.56 Å². The summed E-state index contributed by atoms with van der Waals surface area (Å²) >= 11 is 0. The summed E-state index contributed by atoms with van der Waals surface area (Å²) < 4.78 is 5.94. The summed E-state index contributed by atoms with van der Waals surface area (Å²) in [5.74, 6) is 1.53. The number of benzene rings is 1. The average molecular weight is 494 g/mol. The van der Waals surface area contributed by atoms with Crippen LogP contribution in [0.5, 0.6) is 0 Å². The van der Waals surface area contributed by atoms with Crippen LogP contribution in [0.2, 0.25) is 0 Å². The van der Waals surface area contributed by atoms with Gasteiger partial charge in [0.05, 0.1) is 25.5 Å². The van der Waals surface area contributed by atoms with Gasteiger partial charge < -0.3 is 15.0 Å². The van der Waals surface area contributed by atoms with Crippen molar-refractivity contribution < 1.29 is 4.74 Å². The maximum atomic E-state index is 5.94. The van der Waals surface area contributed by atoms with Crippen LogP contribution >= 0.6 is 24.0 Å². The highest BCUT2D eigenvalue weighted by molar-refractivity contribution is 14.0. The quantitative estimate of drug-likeness (QED) is 0.359. The van der Waals surface area contributed by atoms with Crippen LogP contribution in [-0.2, 0) is 17.9 Å². The SMILES string of the molecule is CCNC(=NCc1cccc(C)n1)N1CCC(COCc2ccccc2)C1.I. The lowest BCUT2D eigenvalue weighted by atomic mass is 10.1. The number of hydrogen-bond donors (Lipinski definition) is 1. The number of pyridine rings is 1. The van der Waals surface area contributed by atoms with Gasteiger partial charge in [0.1, 0.15) is 0 Å². The lowest BCUT2D eigenvalue weighted by molar-refractivity contribution is 0.0906. The van der Waals surface area contributed by atoms with Gasteiger partial charge >= 0.3 is 0 Å². The number of halogens is 1. The largest absolute Gasteiger partial charge is 0.376 e. The lowest BCUT2D eigenvalue weighted by Gasteiger charge is -2.21. The van der Waals surface area contributed by atoms with Gasteiger partial charge in [-0.25, -0.2) is 4.99 Å². The molecular weight excluding hydrogens is 463 g/mol. The van der Waals surface area contributed by atoms with Gasteiger partial charge in [0.2, 0.25) is 0 Å². The van der Waals surface area contributed by atoms with Crippen molar-refractivity contribution in [2.24, 2.45) is 10.9 Å². The maximum Gasteiger partial charge on any atom is 0.194 e. The van der Waals surface area contributed by atoms with Crippen LogP contribution in [-0.4, -0.2) is 42.1 Å². The Balaban J connectivity index is 0.00000280. The highest BCUT2D eigenvalue weighted by atomic mass is 127. The first kappa shape index (κ1) is 22.6. The number of aromatic nitrogens is 1. The van der Waals surface area contributed by atoms with Crippen LogP contribution < -0.4 is 5.32 Å². The Hall–Kier alpha value is -1.67. The molecule has 1 aromatic heterocycles. The molecule has 0 aliphatic carbocycles. The van der Waals surface area contributed by atoms with Gasteiger partial charge in [-0.2, -0.15) is 0 Å². The van der Waals surface area contributed by atoms with Crippen molar-refractivity contribution in [3.63, 3.8) is 0 Å². The second-order valence-corrected chi connectivity index (χ2v) is 7.04. The van der Waals surface area contributed by atoms with Crippen LogP contribution in [0.1, 0.15) is 30.3 Å². The van der Waals surface area contributed by atoms with E-state index < -0.39 is 0 Å². The topological polar surface area (TPSA) is 49.8 Å². The number of ether oxygens (including phenoxy) is 1. The summed E-state index contributed by atoms with van der Waals surface area (Å²) in [7, 11) is 0. The first-order valence-corrected chi connectivity index (χ1v) is 9.82. The Morgan fingerprint density at radius 1 is 1.21 bits per heavy atom. The predicted molar refractivity (Wildman–Crippen MR) is 125 cm³/mol. The molecule has 1 fully saturated rings. The van der Waals surface area contributed by atoms with Crippen LogP contribution in [0.4, 0.5) is 0 Å². The Kier molecular flexibility index (Phi) is 9.70. The zero-order valence-corrected chi connectivity index (χ0v) is 19.1. The minimum absolute atomic E-state index is 0. The van der Waals surface area contributed by atoms with Crippen molar-refractivity contribution in [2.75, 3.05) is 26.2 Å². The van der Waals surface area contributed by atoms with Gasteiger partial charge in [0.25, 0.3) is 0 Å². The van der Waals surface area contributed by atoms with Gasteiger partial charge in [0.15, 0.2) is 5.96 Å².